The molecular formula is C13H29NOS2. The molecule has 0 N–H and O–H groups in total. The zero-order chi connectivity index (χ0) is 13.7. The van der Waals surface area contributed by atoms with Crippen LogP contribution >= 0.6 is 12.2 Å². The minimum absolute atomic E-state index is 0.235. The lowest BCUT2D eigenvalue weighted by Crippen LogP contribution is -2.47. The van der Waals surface area contributed by atoms with Crippen molar-refractivity contribution in [2.75, 3.05) is 32.8 Å². The molecule has 0 spiro atoms. The van der Waals surface area contributed by atoms with E-state index in [1.54, 1.807) is 0 Å². The molecule has 0 fully saturated rings. The number of hydrogen-bond donors (Lipinski definition) is 0. The fourth-order valence-corrected chi connectivity index (χ4v) is 1.81. The van der Waals surface area contributed by atoms with Crippen molar-refractivity contribution in [3.8, 4) is 0 Å². The van der Waals surface area contributed by atoms with Gasteiger partial charge >= 0.3 is 0 Å². The Balaban J connectivity index is 0. The molecule has 104 valence electrons. The van der Waals surface area contributed by atoms with E-state index in [9.17, 15) is 0 Å². The number of quaternary nitrogens is 1. The number of nitrogens with zero attached hydrogens (tertiary/aromatic N) is 1. The lowest BCUT2D eigenvalue weighted by atomic mass is 10.3. The summed E-state index contributed by atoms with van der Waals surface area (Å²) in [6.45, 7) is 17.0. The minimum Gasteiger partial charge on any atom is -0.514 e. The maximum Gasteiger partial charge on any atom is 0.0858 e. The van der Waals surface area contributed by atoms with E-state index < -0.39 is 0 Å². The SMILES string of the molecule is CCCCOC(=S)[S-].CC[N+](CC)(CC)CC. The Morgan fingerprint density at radius 2 is 1.41 bits per heavy atom. The first-order chi connectivity index (χ1) is 8.01. The largest absolute Gasteiger partial charge is 0.514 e. The van der Waals surface area contributed by atoms with E-state index in [-0.39, 0.29) is 4.38 Å². The second kappa shape index (κ2) is 12.5. The molecule has 0 aromatic carbocycles. The van der Waals surface area contributed by atoms with Crippen molar-refractivity contribution in [2.45, 2.75) is 47.5 Å². The Morgan fingerprint density at radius 1 is 1.00 bits per heavy atom. The van der Waals surface area contributed by atoms with Crippen LogP contribution in [-0.4, -0.2) is 41.7 Å². The quantitative estimate of drug-likeness (QED) is 0.305. The summed E-state index contributed by atoms with van der Waals surface area (Å²) < 4.78 is 6.34. The highest BCUT2D eigenvalue weighted by Crippen LogP contribution is 2.03. The van der Waals surface area contributed by atoms with E-state index in [1.807, 2.05) is 0 Å². The summed E-state index contributed by atoms with van der Waals surface area (Å²) in [5, 5.41) is 0. The van der Waals surface area contributed by atoms with Gasteiger partial charge in [-0.15, -0.1) is 0 Å². The third-order valence-corrected chi connectivity index (χ3v) is 3.64. The Bertz CT molecular complexity index is 165. The van der Waals surface area contributed by atoms with Gasteiger partial charge in [0.25, 0.3) is 0 Å². The number of ether oxygens (including phenoxy) is 1. The average Bonchev–Trinajstić information content (AvgIpc) is 2.34. The zero-order valence-electron chi connectivity index (χ0n) is 12.1. The van der Waals surface area contributed by atoms with Crippen LogP contribution in [0.25, 0.3) is 0 Å². The molecule has 0 unspecified atom stereocenters. The molecular weight excluding hydrogens is 250 g/mol. The van der Waals surface area contributed by atoms with Crippen LogP contribution in [0.4, 0.5) is 0 Å². The predicted octanol–water partition coefficient (Wildman–Crippen LogP) is 3.52. The maximum atomic E-state index is 4.83. The Labute approximate surface area is 119 Å². The molecule has 0 saturated heterocycles. The van der Waals surface area contributed by atoms with Gasteiger partial charge in [0.2, 0.25) is 0 Å². The van der Waals surface area contributed by atoms with Crippen LogP contribution in [0.3, 0.4) is 0 Å². The molecule has 0 aliphatic rings. The van der Waals surface area contributed by atoms with Crippen molar-refractivity contribution in [2.24, 2.45) is 0 Å². The average molecular weight is 280 g/mol. The highest BCUT2D eigenvalue weighted by Gasteiger charge is 2.16. The molecule has 17 heavy (non-hydrogen) atoms. The number of thiocarbonyl (C=S) groups is 1. The first kappa shape index (κ1) is 19.4. The highest BCUT2D eigenvalue weighted by molar-refractivity contribution is 7.99. The van der Waals surface area contributed by atoms with E-state index in [0.29, 0.717) is 6.61 Å². The lowest BCUT2D eigenvalue weighted by molar-refractivity contribution is -0.921. The zero-order valence-corrected chi connectivity index (χ0v) is 13.8. The van der Waals surface area contributed by atoms with E-state index >= 15 is 0 Å². The molecule has 0 amide bonds. The topological polar surface area (TPSA) is 9.23 Å². The van der Waals surface area contributed by atoms with Crippen LogP contribution < -0.4 is 0 Å². The second-order valence-electron chi connectivity index (χ2n) is 4.06. The fourth-order valence-electron chi connectivity index (χ4n) is 1.64. The summed E-state index contributed by atoms with van der Waals surface area (Å²) >= 11 is 9.00. The third-order valence-electron chi connectivity index (χ3n) is 3.40. The molecule has 0 aliphatic carbocycles. The molecule has 0 radical (unpaired) electrons. The number of hydrogen-bond acceptors (Lipinski definition) is 3. The van der Waals surface area contributed by atoms with Gasteiger partial charge < -0.3 is 34.1 Å². The Kier molecular flexibility index (Phi) is 14.3. The van der Waals surface area contributed by atoms with Crippen molar-refractivity contribution < 1.29 is 9.22 Å². The number of unbranched alkanes of at least 4 members (excludes halogenated alkanes) is 1. The maximum absolute atomic E-state index is 4.83. The van der Waals surface area contributed by atoms with Gasteiger partial charge in [-0.3, -0.25) is 0 Å². The molecule has 0 aliphatic heterocycles. The van der Waals surface area contributed by atoms with Gasteiger partial charge in [0.1, 0.15) is 0 Å². The van der Waals surface area contributed by atoms with Gasteiger partial charge in [-0.05, 0) is 34.1 Å². The van der Waals surface area contributed by atoms with E-state index in [1.165, 1.54) is 30.7 Å². The molecule has 0 heterocycles. The predicted molar refractivity (Wildman–Crippen MR) is 83.2 cm³/mol. The van der Waals surface area contributed by atoms with Crippen molar-refractivity contribution >= 4 is 29.2 Å². The van der Waals surface area contributed by atoms with Gasteiger partial charge in [0.15, 0.2) is 0 Å². The first-order valence-corrected chi connectivity index (χ1v) is 7.52. The summed E-state index contributed by atoms with van der Waals surface area (Å²) in [4.78, 5) is 0. The summed E-state index contributed by atoms with van der Waals surface area (Å²) in [5.41, 5.74) is 0. The summed E-state index contributed by atoms with van der Waals surface area (Å²) in [7, 11) is 0. The molecule has 0 bridgehead atoms. The minimum atomic E-state index is 0.235. The van der Waals surface area contributed by atoms with Crippen LogP contribution in [0, 0.1) is 0 Å². The second-order valence-corrected chi connectivity index (χ2v) is 5.06. The molecule has 0 rings (SSSR count). The van der Waals surface area contributed by atoms with Crippen molar-refractivity contribution in [3.63, 3.8) is 0 Å². The van der Waals surface area contributed by atoms with Gasteiger partial charge in [0.05, 0.1) is 32.8 Å². The molecule has 0 aromatic heterocycles. The molecule has 2 nitrogen and oxygen atoms in total. The third kappa shape index (κ3) is 10.9. The van der Waals surface area contributed by atoms with Gasteiger partial charge in [-0.2, -0.15) is 0 Å². The smallest absolute Gasteiger partial charge is 0.0858 e. The van der Waals surface area contributed by atoms with Gasteiger partial charge in [-0.25, -0.2) is 0 Å². The van der Waals surface area contributed by atoms with Crippen LogP contribution in [0.1, 0.15) is 47.5 Å². The van der Waals surface area contributed by atoms with Gasteiger partial charge in [-0.1, -0.05) is 13.3 Å². The monoisotopic (exact) mass is 279 g/mol. The van der Waals surface area contributed by atoms with Crippen molar-refractivity contribution in [3.05, 3.63) is 0 Å². The Morgan fingerprint density at radius 3 is 1.59 bits per heavy atom. The standard InChI is InChI=1S/C8H20N.C5H10OS2/c1-5-9(6-2,7-3)8-4;1-2-3-4-6-5(7)8/h5-8H2,1-4H3;2-4H2,1H3,(H,7,8)/q+1;/p-1. The van der Waals surface area contributed by atoms with Crippen molar-refractivity contribution in [1.82, 2.24) is 0 Å². The van der Waals surface area contributed by atoms with E-state index in [4.69, 9.17) is 4.74 Å². The van der Waals surface area contributed by atoms with Crippen LogP contribution in [0.5, 0.6) is 0 Å². The van der Waals surface area contributed by atoms with Crippen LogP contribution in [0.15, 0.2) is 0 Å². The normalized spacial score (nSPS) is 10.4. The molecule has 0 atom stereocenters. The fraction of sp³-hybridized carbons (Fsp3) is 0.923. The van der Waals surface area contributed by atoms with Crippen LogP contribution in [0.2, 0.25) is 0 Å². The lowest BCUT2D eigenvalue weighted by Gasteiger charge is -2.34. The number of rotatable bonds is 7. The van der Waals surface area contributed by atoms with E-state index in [0.717, 1.165) is 12.8 Å². The van der Waals surface area contributed by atoms with Crippen LogP contribution in [-0.2, 0) is 17.4 Å². The van der Waals surface area contributed by atoms with E-state index in [2.05, 4.69) is 59.5 Å². The van der Waals surface area contributed by atoms with Gasteiger partial charge in [0, 0.05) is 4.38 Å². The van der Waals surface area contributed by atoms with Crippen molar-refractivity contribution in [1.29, 1.82) is 0 Å². The molecule has 0 aromatic rings. The molecule has 4 heteroatoms. The summed E-state index contributed by atoms with van der Waals surface area (Å²) in [6.07, 6.45) is 2.16. The Hall–Kier alpha value is 0.0700. The summed E-state index contributed by atoms with van der Waals surface area (Å²) in [5.74, 6) is 0. The highest BCUT2D eigenvalue weighted by atomic mass is 32.1. The first-order valence-electron chi connectivity index (χ1n) is 6.70. The summed E-state index contributed by atoms with van der Waals surface area (Å²) in [6, 6.07) is 0. The molecule has 0 saturated carbocycles.